The molecule has 0 aliphatic carbocycles. The maximum absolute atomic E-state index is 13.3. The lowest BCUT2D eigenvalue weighted by Crippen LogP contribution is -2.21. The predicted molar refractivity (Wildman–Crippen MR) is 116 cm³/mol. The van der Waals surface area contributed by atoms with E-state index in [0.717, 1.165) is 23.3 Å². The number of pyridine rings is 1. The number of anilines is 2. The van der Waals surface area contributed by atoms with Crippen molar-refractivity contribution in [1.29, 1.82) is 0 Å². The normalized spacial score (nSPS) is 13.3. The maximum atomic E-state index is 13.3. The highest BCUT2D eigenvalue weighted by Crippen LogP contribution is 2.42. The number of fused-ring (bicyclic) bond motifs is 3. The molecular formula is C25H14F3N3O. The molecule has 0 bridgehead atoms. The van der Waals surface area contributed by atoms with E-state index in [9.17, 15) is 18.0 Å². The second-order valence-corrected chi connectivity index (χ2v) is 7.48. The summed E-state index contributed by atoms with van der Waals surface area (Å²) in [5.41, 5.74) is 3.33. The molecular weight excluding hydrogens is 415 g/mol. The summed E-state index contributed by atoms with van der Waals surface area (Å²) < 4.78 is 39.8. The van der Waals surface area contributed by atoms with Crippen LogP contribution in [0, 0.1) is 6.57 Å². The highest BCUT2D eigenvalue weighted by atomic mass is 19.4. The molecule has 0 unspecified atom stereocenters. The van der Waals surface area contributed by atoms with Gasteiger partial charge in [0.1, 0.15) is 0 Å². The Kier molecular flexibility index (Phi) is 4.45. The number of carbonyl (C=O) groups is 1. The first-order chi connectivity index (χ1) is 15.3. The second-order valence-electron chi connectivity index (χ2n) is 7.48. The number of benzene rings is 3. The van der Waals surface area contributed by atoms with E-state index in [1.54, 1.807) is 24.4 Å². The first kappa shape index (κ1) is 19.8. The Morgan fingerprint density at radius 1 is 0.969 bits per heavy atom. The molecule has 5 rings (SSSR count). The van der Waals surface area contributed by atoms with Crippen LogP contribution in [0.5, 0.6) is 0 Å². The zero-order valence-corrected chi connectivity index (χ0v) is 16.5. The van der Waals surface area contributed by atoms with Crippen LogP contribution in [-0.4, -0.2) is 10.9 Å². The molecule has 3 aromatic carbocycles. The Hall–Kier alpha value is -4.18. The molecule has 156 valence electrons. The summed E-state index contributed by atoms with van der Waals surface area (Å²) in [6.45, 7) is 7.23. The van der Waals surface area contributed by atoms with Gasteiger partial charge in [-0.1, -0.05) is 30.3 Å². The number of amides is 1. The van der Waals surface area contributed by atoms with Crippen molar-refractivity contribution >= 4 is 33.9 Å². The van der Waals surface area contributed by atoms with E-state index in [0.29, 0.717) is 27.8 Å². The van der Waals surface area contributed by atoms with Gasteiger partial charge in [0.05, 0.1) is 29.8 Å². The van der Waals surface area contributed by atoms with Gasteiger partial charge < -0.3 is 0 Å². The summed E-state index contributed by atoms with van der Waals surface area (Å²) >= 11 is 0. The Bertz CT molecular complexity index is 1440. The topological polar surface area (TPSA) is 37.6 Å². The summed E-state index contributed by atoms with van der Waals surface area (Å²) in [5.74, 6) is -0.311. The maximum Gasteiger partial charge on any atom is 0.416 e. The highest BCUT2D eigenvalue weighted by molar-refractivity contribution is 6.14. The molecule has 0 atom stereocenters. The van der Waals surface area contributed by atoms with E-state index in [-0.39, 0.29) is 18.0 Å². The third-order valence-corrected chi connectivity index (χ3v) is 5.47. The summed E-state index contributed by atoms with van der Waals surface area (Å²) in [4.78, 5) is 22.1. The number of hydrogen-bond acceptors (Lipinski definition) is 2. The van der Waals surface area contributed by atoms with Gasteiger partial charge in [0.2, 0.25) is 5.91 Å². The van der Waals surface area contributed by atoms with E-state index in [1.165, 1.54) is 17.0 Å². The molecule has 2 heterocycles. The number of hydrogen-bond donors (Lipinski definition) is 0. The molecule has 0 radical (unpaired) electrons. The zero-order valence-electron chi connectivity index (χ0n) is 16.5. The van der Waals surface area contributed by atoms with E-state index < -0.39 is 11.7 Å². The van der Waals surface area contributed by atoms with Crippen LogP contribution >= 0.6 is 0 Å². The van der Waals surface area contributed by atoms with E-state index in [4.69, 9.17) is 6.57 Å². The van der Waals surface area contributed by atoms with Crippen molar-refractivity contribution in [2.24, 2.45) is 0 Å². The molecule has 4 aromatic rings. The minimum atomic E-state index is -4.51. The number of halogens is 3. The number of nitrogens with zero attached hydrogens (tertiary/aromatic N) is 3. The van der Waals surface area contributed by atoms with Crippen molar-refractivity contribution in [3.8, 4) is 11.1 Å². The first-order valence-corrected chi connectivity index (χ1v) is 9.75. The average Bonchev–Trinajstić information content (AvgIpc) is 3.14. The van der Waals surface area contributed by atoms with Crippen LogP contribution < -0.4 is 4.90 Å². The molecule has 0 spiro atoms. The molecule has 7 heteroatoms. The molecule has 0 saturated carbocycles. The van der Waals surface area contributed by atoms with Gasteiger partial charge in [-0.25, -0.2) is 4.85 Å². The van der Waals surface area contributed by atoms with Gasteiger partial charge >= 0.3 is 6.18 Å². The fraction of sp³-hybridized carbons (Fsp3) is 0.0800. The van der Waals surface area contributed by atoms with Gasteiger partial charge in [0, 0.05) is 22.8 Å². The van der Waals surface area contributed by atoms with Gasteiger partial charge in [0.15, 0.2) is 5.69 Å². The standard InChI is InChI=1S/C25H14F3N3O/c1-29-19-6-2-4-15(10-19)16-8-9-22-21(11-16)24-17(14-30-22)12-23(32)31(24)20-7-3-5-18(13-20)25(26,27)28/h2-11,13-14H,12H2. The number of aromatic nitrogens is 1. The van der Waals surface area contributed by atoms with Crippen LogP contribution in [0.25, 0.3) is 26.9 Å². The Morgan fingerprint density at radius 3 is 2.53 bits per heavy atom. The lowest BCUT2D eigenvalue weighted by molar-refractivity contribution is -0.137. The summed E-state index contributed by atoms with van der Waals surface area (Å²) in [6, 6.07) is 17.5. The molecule has 1 aromatic heterocycles. The Balaban J connectivity index is 1.70. The molecule has 0 saturated heterocycles. The van der Waals surface area contributed by atoms with E-state index in [2.05, 4.69) is 9.83 Å². The van der Waals surface area contributed by atoms with Crippen LogP contribution in [-0.2, 0) is 17.4 Å². The lowest BCUT2D eigenvalue weighted by atomic mass is 10.0. The fourth-order valence-electron chi connectivity index (χ4n) is 4.01. The molecule has 32 heavy (non-hydrogen) atoms. The second kappa shape index (κ2) is 7.20. The summed E-state index contributed by atoms with van der Waals surface area (Å²) in [6.07, 6.45) is -2.85. The third kappa shape index (κ3) is 3.26. The van der Waals surface area contributed by atoms with Crippen LogP contribution in [0.15, 0.2) is 72.9 Å². The van der Waals surface area contributed by atoms with Crippen molar-refractivity contribution in [2.75, 3.05) is 4.90 Å². The van der Waals surface area contributed by atoms with Crippen LogP contribution in [0.2, 0.25) is 0 Å². The molecule has 0 fully saturated rings. The fourth-order valence-corrected chi connectivity index (χ4v) is 4.01. The van der Waals surface area contributed by atoms with E-state index in [1.807, 2.05) is 24.3 Å². The molecule has 4 nitrogen and oxygen atoms in total. The Morgan fingerprint density at radius 2 is 1.75 bits per heavy atom. The minimum absolute atomic E-state index is 0.0615. The molecule has 1 aliphatic heterocycles. The first-order valence-electron chi connectivity index (χ1n) is 9.75. The smallest absolute Gasteiger partial charge is 0.280 e. The quantitative estimate of drug-likeness (QED) is 0.333. The molecule has 1 aliphatic rings. The average molecular weight is 429 g/mol. The van der Waals surface area contributed by atoms with Gasteiger partial charge in [-0.3, -0.25) is 14.7 Å². The SMILES string of the molecule is [C-]#[N+]c1cccc(-c2ccc3ncc4c(c3c2)N(c2cccc(C(F)(F)F)c2)C(=O)C4)c1. The van der Waals surface area contributed by atoms with Gasteiger partial charge in [0.25, 0.3) is 0 Å². The van der Waals surface area contributed by atoms with Crippen molar-refractivity contribution in [3.63, 3.8) is 0 Å². The van der Waals surface area contributed by atoms with Crippen LogP contribution in [0.4, 0.5) is 30.2 Å². The number of rotatable bonds is 2. The van der Waals surface area contributed by atoms with Crippen molar-refractivity contribution in [3.05, 3.63) is 95.5 Å². The third-order valence-electron chi connectivity index (χ3n) is 5.47. The minimum Gasteiger partial charge on any atom is -0.280 e. The van der Waals surface area contributed by atoms with Gasteiger partial charge in [-0.15, -0.1) is 0 Å². The molecule has 1 amide bonds. The summed E-state index contributed by atoms with van der Waals surface area (Å²) in [5, 5.41) is 0.663. The van der Waals surface area contributed by atoms with Crippen molar-refractivity contribution in [2.45, 2.75) is 12.6 Å². The van der Waals surface area contributed by atoms with E-state index >= 15 is 0 Å². The van der Waals surface area contributed by atoms with Gasteiger partial charge in [-0.05, 0) is 47.5 Å². The zero-order chi connectivity index (χ0) is 22.5. The number of carbonyl (C=O) groups excluding carboxylic acids is 1. The van der Waals surface area contributed by atoms with Crippen LogP contribution in [0.1, 0.15) is 11.1 Å². The van der Waals surface area contributed by atoms with Crippen molar-refractivity contribution in [1.82, 2.24) is 4.98 Å². The van der Waals surface area contributed by atoms with Crippen LogP contribution in [0.3, 0.4) is 0 Å². The highest BCUT2D eigenvalue weighted by Gasteiger charge is 2.34. The Labute approximate surface area is 181 Å². The largest absolute Gasteiger partial charge is 0.416 e. The number of alkyl halides is 3. The summed E-state index contributed by atoms with van der Waals surface area (Å²) in [7, 11) is 0. The monoisotopic (exact) mass is 429 g/mol. The molecule has 0 N–H and O–H groups in total. The lowest BCUT2D eigenvalue weighted by Gasteiger charge is -2.21. The van der Waals surface area contributed by atoms with Gasteiger partial charge in [-0.2, -0.15) is 13.2 Å². The van der Waals surface area contributed by atoms with Crippen molar-refractivity contribution < 1.29 is 18.0 Å². The predicted octanol–water partition coefficient (Wildman–Crippen LogP) is 6.69.